The lowest BCUT2D eigenvalue weighted by Crippen LogP contribution is -2.32. The summed E-state index contributed by atoms with van der Waals surface area (Å²) in [5.41, 5.74) is -0.721. The van der Waals surface area contributed by atoms with Crippen molar-refractivity contribution in [2.45, 2.75) is 90.4 Å². The second-order valence-electron chi connectivity index (χ2n) is 10.7. The van der Waals surface area contributed by atoms with E-state index in [1.165, 1.54) is 13.0 Å². The summed E-state index contributed by atoms with van der Waals surface area (Å²) in [6.45, 7) is 2.97. The number of carbonyl (C=O) groups excluding carboxylic acids is 5. The van der Waals surface area contributed by atoms with Crippen molar-refractivity contribution in [3.63, 3.8) is 0 Å². The molecular weight excluding hydrogens is 592 g/mol. The first-order valence-electron chi connectivity index (χ1n) is 15.5. The third-order valence-corrected chi connectivity index (χ3v) is 6.91. The smallest absolute Gasteiger partial charge is 0.248 e. The number of carbonyl (C=O) groups is 5. The molecule has 0 spiro atoms. The van der Waals surface area contributed by atoms with Crippen molar-refractivity contribution in [1.82, 2.24) is 25.8 Å². The molecule has 0 bridgehead atoms. The molecule has 0 atom stereocenters. The molecule has 0 aliphatic rings. The van der Waals surface area contributed by atoms with Crippen molar-refractivity contribution < 1.29 is 39.6 Å². The number of amides is 5. The molecule has 0 heterocycles. The highest BCUT2D eigenvalue weighted by Crippen LogP contribution is 2.04. The van der Waals surface area contributed by atoms with E-state index in [0.29, 0.717) is 98.3 Å². The Morgan fingerprint density at radius 2 is 1.02 bits per heavy atom. The molecule has 5 amide bonds. The lowest BCUT2D eigenvalue weighted by atomic mass is 10.2. The Bertz CT molecular complexity index is 1150. The molecular formula is C29H48N6O10. The number of rotatable bonds is 25. The van der Waals surface area contributed by atoms with Crippen LogP contribution in [0.3, 0.4) is 0 Å². The van der Waals surface area contributed by atoms with Crippen LogP contribution in [-0.4, -0.2) is 99.6 Å². The number of nitrogens with one attached hydrogen (secondary N) is 3. The summed E-state index contributed by atoms with van der Waals surface area (Å²) in [6, 6.07) is 1.25. The van der Waals surface area contributed by atoms with Gasteiger partial charge >= 0.3 is 0 Å². The van der Waals surface area contributed by atoms with Crippen LogP contribution in [0.5, 0.6) is 0 Å². The lowest BCUT2D eigenvalue weighted by molar-refractivity contribution is -0.166. The fourth-order valence-corrected chi connectivity index (χ4v) is 4.10. The standard InChI is InChI=1S/C29H48N6O10/c1-22(36)33(43)18-8-3-6-16-31-25(38)11-14-28(41)35(45)20-10-4-7-17-32-26(39)12-13-27(40)34(44)19-9-2-5-15-30-23-21-24(37)29(23)42/h21,30,43-45H,2-20H2,1H3,(H,31,38)(H,32,39). The molecule has 0 saturated heterocycles. The molecule has 0 radical (unpaired) electrons. The van der Waals surface area contributed by atoms with E-state index in [4.69, 9.17) is 0 Å². The molecule has 16 heteroatoms. The largest absolute Gasteiger partial charge is 0.382 e. The molecule has 0 aliphatic carbocycles. The summed E-state index contributed by atoms with van der Waals surface area (Å²) >= 11 is 0. The van der Waals surface area contributed by atoms with Crippen LogP contribution in [0.25, 0.3) is 0 Å². The van der Waals surface area contributed by atoms with Crippen LogP contribution in [0.2, 0.25) is 0 Å². The van der Waals surface area contributed by atoms with Gasteiger partial charge < -0.3 is 16.0 Å². The van der Waals surface area contributed by atoms with Crippen molar-refractivity contribution in [1.29, 1.82) is 0 Å². The van der Waals surface area contributed by atoms with Gasteiger partial charge in [0.1, 0.15) is 0 Å². The molecule has 6 N–H and O–H groups in total. The normalized spacial score (nSPS) is 10.8. The van der Waals surface area contributed by atoms with Crippen molar-refractivity contribution in [3.05, 3.63) is 26.5 Å². The van der Waals surface area contributed by atoms with Gasteiger partial charge in [0.15, 0.2) is 0 Å². The van der Waals surface area contributed by atoms with Gasteiger partial charge in [-0.15, -0.1) is 0 Å². The molecule has 0 unspecified atom stereocenters. The lowest BCUT2D eigenvalue weighted by Gasteiger charge is -2.15. The molecule has 0 saturated carbocycles. The third-order valence-electron chi connectivity index (χ3n) is 6.91. The Morgan fingerprint density at radius 3 is 1.42 bits per heavy atom. The van der Waals surface area contributed by atoms with E-state index in [9.17, 15) is 49.2 Å². The molecule has 0 aromatic heterocycles. The van der Waals surface area contributed by atoms with Crippen LogP contribution >= 0.6 is 0 Å². The highest BCUT2D eigenvalue weighted by Gasteiger charge is 2.14. The van der Waals surface area contributed by atoms with Crippen LogP contribution in [0.1, 0.15) is 90.4 Å². The van der Waals surface area contributed by atoms with Crippen molar-refractivity contribution >= 4 is 35.2 Å². The monoisotopic (exact) mass is 640 g/mol. The number of nitrogens with zero attached hydrogens (tertiary/aromatic N) is 3. The molecule has 1 rings (SSSR count). The number of hydroxylamine groups is 6. The first-order valence-corrected chi connectivity index (χ1v) is 15.5. The van der Waals surface area contributed by atoms with Crippen LogP contribution in [0.15, 0.2) is 15.7 Å². The fourth-order valence-electron chi connectivity index (χ4n) is 4.10. The first-order chi connectivity index (χ1) is 21.4. The Morgan fingerprint density at radius 1 is 0.600 bits per heavy atom. The van der Waals surface area contributed by atoms with Gasteiger partial charge in [-0.25, -0.2) is 15.2 Å². The average molecular weight is 641 g/mol. The van der Waals surface area contributed by atoms with Crippen LogP contribution in [0, 0.1) is 0 Å². The van der Waals surface area contributed by atoms with Gasteiger partial charge in [0.05, 0.1) is 5.69 Å². The average Bonchev–Trinajstić information content (AvgIpc) is 3.02. The van der Waals surface area contributed by atoms with Crippen LogP contribution < -0.4 is 26.8 Å². The van der Waals surface area contributed by atoms with E-state index in [2.05, 4.69) is 16.0 Å². The van der Waals surface area contributed by atoms with E-state index in [1.807, 2.05) is 0 Å². The maximum Gasteiger partial charge on any atom is 0.248 e. The zero-order chi connectivity index (χ0) is 33.6. The van der Waals surface area contributed by atoms with Gasteiger partial charge in [0.25, 0.3) is 0 Å². The second kappa shape index (κ2) is 22.6. The predicted octanol–water partition coefficient (Wildman–Crippen LogP) is 0.672. The van der Waals surface area contributed by atoms with Gasteiger partial charge in [-0.2, -0.15) is 0 Å². The summed E-state index contributed by atoms with van der Waals surface area (Å²) in [4.78, 5) is 80.8. The summed E-state index contributed by atoms with van der Waals surface area (Å²) in [7, 11) is 0. The van der Waals surface area contributed by atoms with E-state index in [0.717, 1.165) is 0 Å². The third kappa shape index (κ3) is 17.9. The molecule has 16 nitrogen and oxygen atoms in total. The Balaban J connectivity index is 1.98. The van der Waals surface area contributed by atoms with Gasteiger partial charge in [-0.1, -0.05) is 0 Å². The van der Waals surface area contributed by atoms with Gasteiger partial charge in [-0.3, -0.25) is 49.2 Å². The SMILES string of the molecule is CC(=O)N(O)CCCCCNC(=O)CCC(=O)N(O)CCCCCNC(=O)CCC(=O)N(O)CCCCCNc1cc(=O)c1=O. The molecule has 0 aliphatic heterocycles. The minimum Gasteiger partial charge on any atom is -0.382 e. The highest BCUT2D eigenvalue weighted by molar-refractivity contribution is 5.83. The van der Waals surface area contributed by atoms with Crippen LogP contribution in [0.4, 0.5) is 5.69 Å². The summed E-state index contributed by atoms with van der Waals surface area (Å²) in [5.74, 6) is -2.19. The van der Waals surface area contributed by atoms with Gasteiger partial charge in [0.2, 0.25) is 40.4 Å². The van der Waals surface area contributed by atoms with E-state index >= 15 is 0 Å². The number of anilines is 1. The minimum absolute atomic E-state index is 0.0570. The fraction of sp³-hybridized carbons (Fsp3) is 0.690. The van der Waals surface area contributed by atoms with Crippen molar-refractivity contribution in [2.75, 3.05) is 44.6 Å². The topological polar surface area (TPSA) is 226 Å². The zero-order valence-electron chi connectivity index (χ0n) is 26.1. The first kappa shape index (κ1) is 39.1. The number of hydrogen-bond donors (Lipinski definition) is 6. The number of unbranched alkanes of at least 4 members (excludes halogenated alkanes) is 6. The second-order valence-corrected chi connectivity index (χ2v) is 10.7. The quantitative estimate of drug-likeness (QED) is 0.0377. The maximum atomic E-state index is 12.0. The molecule has 254 valence electrons. The van der Waals surface area contributed by atoms with Crippen molar-refractivity contribution in [3.8, 4) is 0 Å². The number of hydrogen-bond acceptors (Lipinski definition) is 11. The minimum atomic E-state index is -0.566. The molecule has 0 fully saturated rings. The Hall–Kier alpha value is -3.89. The van der Waals surface area contributed by atoms with E-state index in [-0.39, 0.29) is 57.1 Å². The predicted molar refractivity (Wildman–Crippen MR) is 162 cm³/mol. The molecule has 45 heavy (non-hydrogen) atoms. The van der Waals surface area contributed by atoms with Gasteiger partial charge in [-0.05, 0) is 57.8 Å². The van der Waals surface area contributed by atoms with Crippen LogP contribution in [-0.2, 0) is 24.0 Å². The maximum absolute atomic E-state index is 12.0. The van der Waals surface area contributed by atoms with E-state index < -0.39 is 28.6 Å². The Kier molecular flexibility index (Phi) is 19.6. The molecule has 1 aromatic rings. The van der Waals surface area contributed by atoms with Gasteiger partial charge in [0, 0.05) is 77.9 Å². The summed E-state index contributed by atoms with van der Waals surface area (Å²) < 4.78 is 0. The highest BCUT2D eigenvalue weighted by atomic mass is 16.5. The summed E-state index contributed by atoms with van der Waals surface area (Å²) in [5, 5.41) is 39.1. The van der Waals surface area contributed by atoms with Crippen molar-refractivity contribution in [2.24, 2.45) is 0 Å². The molecule has 1 aromatic carbocycles. The summed E-state index contributed by atoms with van der Waals surface area (Å²) in [6.07, 6.45) is 5.18. The Labute approximate surface area is 262 Å². The van der Waals surface area contributed by atoms with E-state index in [1.54, 1.807) is 0 Å². The zero-order valence-corrected chi connectivity index (χ0v) is 26.1.